The van der Waals surface area contributed by atoms with Crippen molar-refractivity contribution >= 4 is 15.9 Å². The molecule has 4 rings (SSSR count). The van der Waals surface area contributed by atoms with Gasteiger partial charge in [0.05, 0.1) is 4.90 Å². The second kappa shape index (κ2) is 7.63. The minimum absolute atomic E-state index is 0.0542. The third kappa shape index (κ3) is 3.56. The van der Waals surface area contributed by atoms with E-state index in [1.807, 2.05) is 0 Å². The van der Waals surface area contributed by atoms with E-state index in [-0.39, 0.29) is 22.5 Å². The van der Waals surface area contributed by atoms with Crippen LogP contribution in [0.1, 0.15) is 48.4 Å². The van der Waals surface area contributed by atoms with Crippen LogP contribution in [-0.4, -0.2) is 59.8 Å². The van der Waals surface area contributed by atoms with Crippen molar-refractivity contribution in [3.8, 4) is 11.4 Å². The molecular formula is C19H24N4O4S. The highest BCUT2D eigenvalue weighted by Gasteiger charge is 2.29. The van der Waals surface area contributed by atoms with Gasteiger partial charge in [0.1, 0.15) is 0 Å². The van der Waals surface area contributed by atoms with Gasteiger partial charge in [0, 0.05) is 31.7 Å². The van der Waals surface area contributed by atoms with Crippen LogP contribution < -0.4 is 0 Å². The molecule has 0 radical (unpaired) electrons. The average Bonchev–Trinajstić information content (AvgIpc) is 3.41. The molecule has 1 aromatic carbocycles. The maximum absolute atomic E-state index is 13.0. The maximum atomic E-state index is 13.0. The second-order valence-corrected chi connectivity index (χ2v) is 9.27. The number of amides is 1. The van der Waals surface area contributed by atoms with Crippen LogP contribution in [0.25, 0.3) is 11.4 Å². The number of likely N-dealkylation sites (tertiary alicyclic amines) is 1. The zero-order valence-corrected chi connectivity index (χ0v) is 16.7. The fraction of sp³-hybridized carbons (Fsp3) is 0.526. The molecule has 0 aliphatic carbocycles. The molecule has 0 unspecified atom stereocenters. The van der Waals surface area contributed by atoms with Crippen LogP contribution in [0.3, 0.4) is 0 Å². The first kappa shape index (κ1) is 19.1. The highest BCUT2D eigenvalue weighted by molar-refractivity contribution is 7.89. The number of sulfonamides is 1. The summed E-state index contributed by atoms with van der Waals surface area (Å²) in [6.45, 7) is 4.25. The Kier molecular flexibility index (Phi) is 5.20. The summed E-state index contributed by atoms with van der Waals surface area (Å²) in [5.41, 5.74) is 1.19. The van der Waals surface area contributed by atoms with Crippen molar-refractivity contribution in [2.75, 3.05) is 26.2 Å². The van der Waals surface area contributed by atoms with Crippen LogP contribution in [0.2, 0.25) is 0 Å². The third-order valence-electron chi connectivity index (χ3n) is 5.38. The number of piperidine rings is 1. The van der Waals surface area contributed by atoms with Crippen LogP contribution in [0.4, 0.5) is 0 Å². The van der Waals surface area contributed by atoms with E-state index >= 15 is 0 Å². The SMILES string of the molecule is Cc1ccc(-c2noc(C(=O)N3CCCCC3)n2)cc1S(=O)(=O)N1CCCC1. The van der Waals surface area contributed by atoms with E-state index in [0.29, 0.717) is 37.3 Å². The van der Waals surface area contributed by atoms with Gasteiger partial charge in [-0.05, 0) is 50.7 Å². The third-order valence-corrected chi connectivity index (χ3v) is 7.42. The molecule has 2 aliphatic heterocycles. The van der Waals surface area contributed by atoms with E-state index in [1.165, 1.54) is 4.31 Å². The van der Waals surface area contributed by atoms with Crippen molar-refractivity contribution in [2.24, 2.45) is 0 Å². The highest BCUT2D eigenvalue weighted by Crippen LogP contribution is 2.28. The first-order valence-electron chi connectivity index (χ1n) is 9.71. The van der Waals surface area contributed by atoms with E-state index in [2.05, 4.69) is 10.1 Å². The van der Waals surface area contributed by atoms with Gasteiger partial charge in [0.15, 0.2) is 0 Å². The maximum Gasteiger partial charge on any atom is 0.316 e. The molecule has 9 heteroatoms. The summed E-state index contributed by atoms with van der Waals surface area (Å²) >= 11 is 0. The molecule has 28 heavy (non-hydrogen) atoms. The second-order valence-electron chi connectivity index (χ2n) is 7.37. The summed E-state index contributed by atoms with van der Waals surface area (Å²) in [6.07, 6.45) is 4.83. The predicted octanol–water partition coefficient (Wildman–Crippen LogP) is 2.46. The smallest absolute Gasteiger partial charge is 0.316 e. The molecule has 0 spiro atoms. The lowest BCUT2D eigenvalue weighted by Gasteiger charge is -2.24. The lowest BCUT2D eigenvalue weighted by molar-refractivity contribution is 0.0674. The molecule has 2 saturated heterocycles. The van der Waals surface area contributed by atoms with Gasteiger partial charge in [-0.2, -0.15) is 9.29 Å². The van der Waals surface area contributed by atoms with Crippen LogP contribution >= 0.6 is 0 Å². The van der Waals surface area contributed by atoms with Gasteiger partial charge in [0.25, 0.3) is 0 Å². The quantitative estimate of drug-likeness (QED) is 0.777. The van der Waals surface area contributed by atoms with Gasteiger partial charge in [-0.25, -0.2) is 8.42 Å². The molecular weight excluding hydrogens is 380 g/mol. The van der Waals surface area contributed by atoms with Crippen molar-refractivity contribution < 1.29 is 17.7 Å². The van der Waals surface area contributed by atoms with Gasteiger partial charge < -0.3 is 9.42 Å². The summed E-state index contributed by atoms with van der Waals surface area (Å²) in [7, 11) is -3.55. The Balaban J connectivity index is 1.62. The predicted molar refractivity (Wildman–Crippen MR) is 102 cm³/mol. The largest absolute Gasteiger partial charge is 0.334 e. The Morgan fingerprint density at radius 2 is 1.71 bits per heavy atom. The lowest BCUT2D eigenvalue weighted by atomic mass is 10.1. The summed E-state index contributed by atoms with van der Waals surface area (Å²) in [4.78, 5) is 18.7. The van der Waals surface area contributed by atoms with E-state index in [0.717, 1.165) is 32.1 Å². The molecule has 1 amide bonds. The van der Waals surface area contributed by atoms with E-state index in [4.69, 9.17) is 4.52 Å². The molecule has 0 bridgehead atoms. The fourth-order valence-corrected chi connectivity index (χ4v) is 5.51. The van der Waals surface area contributed by atoms with Crippen LogP contribution in [-0.2, 0) is 10.0 Å². The van der Waals surface area contributed by atoms with Gasteiger partial charge in [-0.15, -0.1) is 0 Å². The molecule has 150 valence electrons. The monoisotopic (exact) mass is 404 g/mol. The van der Waals surface area contributed by atoms with Gasteiger partial charge in [0.2, 0.25) is 15.8 Å². The minimum atomic E-state index is -3.55. The van der Waals surface area contributed by atoms with Crippen molar-refractivity contribution in [2.45, 2.75) is 43.9 Å². The summed E-state index contributed by atoms with van der Waals surface area (Å²) in [5, 5.41) is 3.91. The molecule has 0 saturated carbocycles. The van der Waals surface area contributed by atoms with Gasteiger partial charge >= 0.3 is 11.8 Å². The van der Waals surface area contributed by atoms with Crippen molar-refractivity contribution in [3.63, 3.8) is 0 Å². The number of benzene rings is 1. The first-order valence-corrected chi connectivity index (χ1v) is 11.1. The van der Waals surface area contributed by atoms with Crippen LogP contribution in [0, 0.1) is 6.92 Å². The molecule has 3 heterocycles. The Bertz CT molecular complexity index is 974. The zero-order chi connectivity index (χ0) is 19.7. The van der Waals surface area contributed by atoms with Gasteiger partial charge in [-0.1, -0.05) is 17.3 Å². The number of aromatic nitrogens is 2. The molecule has 1 aromatic heterocycles. The minimum Gasteiger partial charge on any atom is -0.334 e. The van der Waals surface area contributed by atoms with E-state index in [1.54, 1.807) is 30.0 Å². The van der Waals surface area contributed by atoms with E-state index in [9.17, 15) is 13.2 Å². The average molecular weight is 404 g/mol. The number of carbonyl (C=O) groups excluding carboxylic acids is 1. The molecule has 2 aromatic rings. The topological polar surface area (TPSA) is 96.6 Å². The number of rotatable bonds is 4. The summed E-state index contributed by atoms with van der Waals surface area (Å²) < 4.78 is 32.6. The van der Waals surface area contributed by atoms with Crippen molar-refractivity contribution in [1.29, 1.82) is 0 Å². The lowest BCUT2D eigenvalue weighted by Crippen LogP contribution is -2.35. The zero-order valence-electron chi connectivity index (χ0n) is 15.9. The van der Waals surface area contributed by atoms with E-state index < -0.39 is 10.0 Å². The van der Waals surface area contributed by atoms with Crippen molar-refractivity contribution in [3.05, 3.63) is 29.7 Å². The molecule has 2 aliphatic rings. The Labute approximate surface area is 164 Å². The van der Waals surface area contributed by atoms with Crippen molar-refractivity contribution in [1.82, 2.24) is 19.3 Å². The Morgan fingerprint density at radius 1 is 1.04 bits per heavy atom. The number of hydrogen-bond donors (Lipinski definition) is 0. The number of aryl methyl sites for hydroxylation is 1. The number of carbonyl (C=O) groups is 1. The summed E-state index contributed by atoms with van der Waals surface area (Å²) in [5.74, 6) is -0.102. The standard InChI is InChI=1S/C19H24N4O4S/c1-14-7-8-15(13-16(14)28(25,26)23-11-5-6-12-23)17-20-18(27-21-17)19(24)22-9-3-2-4-10-22/h7-8,13H,2-6,9-12H2,1H3. The Hall–Kier alpha value is -2.26. The Morgan fingerprint density at radius 3 is 2.43 bits per heavy atom. The summed E-state index contributed by atoms with van der Waals surface area (Å²) in [6, 6.07) is 5.06. The molecule has 0 atom stereocenters. The first-order chi connectivity index (χ1) is 13.5. The fourth-order valence-electron chi connectivity index (χ4n) is 3.74. The van der Waals surface area contributed by atoms with Crippen LogP contribution in [0.5, 0.6) is 0 Å². The molecule has 2 fully saturated rings. The normalized spacial score (nSPS) is 18.5. The molecule has 8 nitrogen and oxygen atoms in total. The highest BCUT2D eigenvalue weighted by atomic mass is 32.2. The van der Waals surface area contributed by atoms with Gasteiger partial charge in [-0.3, -0.25) is 4.79 Å². The van der Waals surface area contributed by atoms with Crippen LogP contribution in [0.15, 0.2) is 27.6 Å². The number of hydrogen-bond acceptors (Lipinski definition) is 6. The molecule has 0 N–H and O–H groups in total. The number of nitrogens with zero attached hydrogens (tertiary/aromatic N) is 4.